The van der Waals surface area contributed by atoms with Crippen LogP contribution in [0.15, 0.2) is 35.1 Å². The molecule has 0 saturated heterocycles. The van der Waals surface area contributed by atoms with Gasteiger partial charge >= 0.3 is 0 Å². The van der Waals surface area contributed by atoms with Crippen LogP contribution in [0.1, 0.15) is 23.1 Å². The number of amides is 2. The van der Waals surface area contributed by atoms with Crippen molar-refractivity contribution in [2.45, 2.75) is 13.8 Å². The summed E-state index contributed by atoms with van der Waals surface area (Å²) < 4.78 is 1.50. The second kappa shape index (κ2) is 7.74. The molecule has 1 heterocycles. The van der Waals surface area contributed by atoms with Gasteiger partial charge in [0.05, 0.1) is 5.69 Å². The topological polar surface area (TPSA) is 93.1 Å². The van der Waals surface area contributed by atoms with Crippen LogP contribution in [0.2, 0.25) is 5.02 Å². The molecular weight excluding hydrogens is 332 g/mol. The number of rotatable bonds is 5. The van der Waals surface area contributed by atoms with Gasteiger partial charge in [-0.1, -0.05) is 11.6 Å². The lowest BCUT2D eigenvalue weighted by Gasteiger charge is -2.11. The molecule has 0 aliphatic carbocycles. The molecule has 0 radical (unpaired) electrons. The summed E-state index contributed by atoms with van der Waals surface area (Å²) in [5.74, 6) is -0.782. The Morgan fingerprint density at radius 1 is 1.17 bits per heavy atom. The predicted octanol–water partition coefficient (Wildman–Crippen LogP) is 1.06. The van der Waals surface area contributed by atoms with Crippen LogP contribution in [-0.4, -0.2) is 34.7 Å². The Balaban J connectivity index is 2.23. The van der Waals surface area contributed by atoms with E-state index in [9.17, 15) is 14.4 Å². The second-order valence-corrected chi connectivity index (χ2v) is 5.56. The summed E-state index contributed by atoms with van der Waals surface area (Å²) in [6.07, 6.45) is 0. The zero-order valence-electron chi connectivity index (χ0n) is 13.3. The lowest BCUT2D eigenvalue weighted by atomic mass is 10.2. The van der Waals surface area contributed by atoms with E-state index in [1.807, 2.05) is 0 Å². The number of aryl methyl sites for hydroxylation is 1. The Morgan fingerprint density at radius 2 is 1.79 bits per heavy atom. The van der Waals surface area contributed by atoms with Crippen molar-refractivity contribution in [3.8, 4) is 5.69 Å². The number of carbonyl (C=O) groups excluding carboxylic acids is 2. The highest BCUT2D eigenvalue weighted by Crippen LogP contribution is 2.13. The molecule has 0 fully saturated rings. The molecule has 7 nitrogen and oxygen atoms in total. The first kappa shape index (κ1) is 17.7. The number of aromatic nitrogens is 2. The van der Waals surface area contributed by atoms with Crippen LogP contribution in [-0.2, 0) is 4.79 Å². The molecule has 2 aromatic rings. The normalized spacial score (nSPS) is 10.3. The Labute approximate surface area is 143 Å². The molecule has 0 spiro atoms. The molecular formula is C16H17ClN4O3. The number of benzene rings is 1. The minimum Gasteiger partial charge on any atom is -0.355 e. The molecule has 24 heavy (non-hydrogen) atoms. The summed E-state index contributed by atoms with van der Waals surface area (Å²) in [7, 11) is 0. The van der Waals surface area contributed by atoms with Crippen molar-refractivity contribution in [3.63, 3.8) is 0 Å². The average molecular weight is 349 g/mol. The minimum atomic E-state index is -0.590. The summed E-state index contributed by atoms with van der Waals surface area (Å²) in [6.45, 7) is 3.59. The minimum absolute atomic E-state index is 0.192. The molecule has 0 aliphatic rings. The first-order chi connectivity index (χ1) is 11.4. The van der Waals surface area contributed by atoms with Gasteiger partial charge in [-0.25, -0.2) is 4.68 Å². The van der Waals surface area contributed by atoms with Crippen molar-refractivity contribution in [3.05, 3.63) is 57.0 Å². The summed E-state index contributed by atoms with van der Waals surface area (Å²) in [5, 5.41) is 9.82. The molecule has 0 aliphatic heterocycles. The molecule has 0 unspecified atom stereocenters. The van der Waals surface area contributed by atoms with Crippen molar-refractivity contribution in [1.82, 2.24) is 20.4 Å². The number of carbonyl (C=O) groups is 2. The summed E-state index contributed by atoms with van der Waals surface area (Å²) in [5.41, 5.74) is 0.606. The van der Waals surface area contributed by atoms with Gasteiger partial charge in [0.15, 0.2) is 5.69 Å². The molecule has 0 atom stereocenters. The van der Waals surface area contributed by atoms with Crippen molar-refractivity contribution >= 4 is 23.4 Å². The Hall–Kier alpha value is -2.67. The van der Waals surface area contributed by atoms with Gasteiger partial charge in [0, 0.05) is 36.8 Å². The summed E-state index contributed by atoms with van der Waals surface area (Å²) >= 11 is 5.87. The van der Waals surface area contributed by atoms with Crippen LogP contribution in [0, 0.1) is 6.92 Å². The lowest BCUT2D eigenvalue weighted by Crippen LogP contribution is -2.37. The van der Waals surface area contributed by atoms with Gasteiger partial charge in [-0.15, -0.1) is 0 Å². The third-order valence-corrected chi connectivity index (χ3v) is 3.43. The standard InChI is InChI=1S/C16H17ClN4O3/c1-10-9-14(23)15(16(24)19-8-7-18-11(2)22)20-21(10)13-5-3-12(17)4-6-13/h3-6,9H,7-8H2,1-2H3,(H,18,22)(H,19,24). The first-order valence-corrected chi connectivity index (χ1v) is 7.66. The molecule has 2 amide bonds. The van der Waals surface area contributed by atoms with Crippen LogP contribution < -0.4 is 16.1 Å². The third-order valence-electron chi connectivity index (χ3n) is 3.18. The number of hydrogen-bond donors (Lipinski definition) is 2. The Kier molecular flexibility index (Phi) is 5.70. The van der Waals surface area contributed by atoms with E-state index in [0.717, 1.165) is 0 Å². The van der Waals surface area contributed by atoms with Gasteiger partial charge in [0.25, 0.3) is 5.91 Å². The largest absolute Gasteiger partial charge is 0.355 e. The Bertz CT molecular complexity index is 815. The number of hydrogen-bond acceptors (Lipinski definition) is 4. The monoisotopic (exact) mass is 348 g/mol. The molecule has 0 saturated carbocycles. The van der Waals surface area contributed by atoms with Gasteiger partial charge in [-0.3, -0.25) is 14.4 Å². The first-order valence-electron chi connectivity index (χ1n) is 7.28. The third kappa shape index (κ3) is 4.42. The van der Waals surface area contributed by atoms with Gasteiger partial charge in [-0.2, -0.15) is 5.10 Å². The summed E-state index contributed by atoms with van der Waals surface area (Å²) in [4.78, 5) is 34.9. The van der Waals surface area contributed by atoms with Gasteiger partial charge in [0.1, 0.15) is 0 Å². The molecule has 126 valence electrons. The maximum atomic E-state index is 12.1. The highest BCUT2D eigenvalue weighted by atomic mass is 35.5. The van der Waals surface area contributed by atoms with E-state index in [2.05, 4.69) is 15.7 Å². The van der Waals surface area contributed by atoms with Gasteiger partial charge in [0.2, 0.25) is 11.3 Å². The van der Waals surface area contributed by atoms with E-state index in [-0.39, 0.29) is 24.7 Å². The van der Waals surface area contributed by atoms with Crippen molar-refractivity contribution < 1.29 is 9.59 Å². The van der Waals surface area contributed by atoms with E-state index in [1.165, 1.54) is 17.7 Å². The molecule has 1 aromatic carbocycles. The van der Waals surface area contributed by atoms with E-state index in [1.54, 1.807) is 31.2 Å². The van der Waals surface area contributed by atoms with Gasteiger partial charge < -0.3 is 10.6 Å². The smallest absolute Gasteiger partial charge is 0.275 e. The maximum absolute atomic E-state index is 12.1. The molecule has 2 N–H and O–H groups in total. The zero-order valence-corrected chi connectivity index (χ0v) is 14.1. The highest BCUT2D eigenvalue weighted by Gasteiger charge is 2.14. The van der Waals surface area contributed by atoms with Crippen LogP contribution >= 0.6 is 11.6 Å². The molecule has 1 aromatic heterocycles. The van der Waals surface area contributed by atoms with Crippen LogP contribution in [0.5, 0.6) is 0 Å². The highest BCUT2D eigenvalue weighted by molar-refractivity contribution is 6.30. The zero-order chi connectivity index (χ0) is 17.7. The quantitative estimate of drug-likeness (QED) is 0.790. The molecule has 2 rings (SSSR count). The second-order valence-electron chi connectivity index (χ2n) is 5.13. The average Bonchev–Trinajstić information content (AvgIpc) is 2.52. The van der Waals surface area contributed by atoms with E-state index in [4.69, 9.17) is 11.6 Å². The lowest BCUT2D eigenvalue weighted by molar-refractivity contribution is -0.118. The van der Waals surface area contributed by atoms with E-state index in [0.29, 0.717) is 16.4 Å². The SMILES string of the molecule is CC(=O)NCCNC(=O)c1nn(-c2ccc(Cl)cc2)c(C)cc1=O. The van der Waals surface area contributed by atoms with Crippen molar-refractivity contribution in [1.29, 1.82) is 0 Å². The van der Waals surface area contributed by atoms with Crippen LogP contribution in [0.3, 0.4) is 0 Å². The molecule has 8 heteroatoms. The fourth-order valence-corrected chi connectivity index (χ4v) is 2.17. The van der Waals surface area contributed by atoms with Crippen molar-refractivity contribution in [2.75, 3.05) is 13.1 Å². The Morgan fingerprint density at radius 3 is 2.42 bits per heavy atom. The van der Waals surface area contributed by atoms with Crippen molar-refractivity contribution in [2.24, 2.45) is 0 Å². The van der Waals surface area contributed by atoms with E-state index < -0.39 is 11.3 Å². The number of halogens is 1. The maximum Gasteiger partial charge on any atom is 0.275 e. The summed E-state index contributed by atoms with van der Waals surface area (Å²) in [6, 6.07) is 8.23. The predicted molar refractivity (Wildman–Crippen MR) is 90.6 cm³/mol. The van der Waals surface area contributed by atoms with E-state index >= 15 is 0 Å². The fourth-order valence-electron chi connectivity index (χ4n) is 2.05. The van der Waals surface area contributed by atoms with Crippen LogP contribution in [0.4, 0.5) is 0 Å². The fraction of sp³-hybridized carbons (Fsp3) is 0.250. The molecule has 0 bridgehead atoms. The number of nitrogens with one attached hydrogen (secondary N) is 2. The number of nitrogens with zero attached hydrogens (tertiary/aromatic N) is 2. The van der Waals surface area contributed by atoms with Gasteiger partial charge in [-0.05, 0) is 31.2 Å². The van der Waals surface area contributed by atoms with Crippen LogP contribution in [0.25, 0.3) is 5.69 Å².